The third-order valence-electron chi connectivity index (χ3n) is 2.99. The van der Waals surface area contributed by atoms with Crippen LogP contribution in [-0.4, -0.2) is 11.1 Å². The maximum Gasteiger partial charge on any atom is 0.310 e. The van der Waals surface area contributed by atoms with Crippen LogP contribution >= 0.6 is 0 Å². The van der Waals surface area contributed by atoms with Gasteiger partial charge in [-0.15, -0.1) is 6.58 Å². The molecular formula is C16H26O2. The molecule has 1 N–H and O–H groups in total. The van der Waals surface area contributed by atoms with E-state index in [9.17, 15) is 4.79 Å². The van der Waals surface area contributed by atoms with Crippen LogP contribution in [0, 0.1) is 11.8 Å². The second kappa shape index (κ2) is 9.69. The van der Waals surface area contributed by atoms with Crippen LogP contribution < -0.4 is 0 Å². The van der Waals surface area contributed by atoms with E-state index < -0.39 is 5.97 Å². The molecule has 0 aliphatic rings. The van der Waals surface area contributed by atoms with Gasteiger partial charge >= 0.3 is 5.97 Å². The Labute approximate surface area is 111 Å². The summed E-state index contributed by atoms with van der Waals surface area (Å²) in [6.45, 7) is 9.93. The summed E-state index contributed by atoms with van der Waals surface area (Å²) in [5, 5.41) is 8.92. The zero-order valence-corrected chi connectivity index (χ0v) is 11.9. The van der Waals surface area contributed by atoms with E-state index in [2.05, 4.69) is 26.5 Å². The van der Waals surface area contributed by atoms with Crippen molar-refractivity contribution in [2.45, 2.75) is 46.5 Å². The van der Waals surface area contributed by atoms with E-state index in [0.717, 1.165) is 19.3 Å². The molecule has 0 bridgehead atoms. The highest BCUT2D eigenvalue weighted by atomic mass is 16.4. The quantitative estimate of drug-likeness (QED) is 0.608. The van der Waals surface area contributed by atoms with Crippen LogP contribution in [0.2, 0.25) is 0 Å². The smallest absolute Gasteiger partial charge is 0.310 e. The molecular weight excluding hydrogens is 224 g/mol. The normalized spacial score (nSPS) is 14.2. The second-order valence-electron chi connectivity index (χ2n) is 4.87. The minimum atomic E-state index is -0.742. The molecule has 0 rings (SSSR count). The fraction of sp³-hybridized carbons (Fsp3) is 0.562. The standard InChI is InChI=1S/C16H26O2/c1-5-14(10-7-9-13(3)4)11-8-12-15(6-2)16(17)18/h5,8-9,12,14-15H,1,6-7,10-11H2,2-4H3,(H,17,18). The van der Waals surface area contributed by atoms with Gasteiger partial charge in [0, 0.05) is 0 Å². The van der Waals surface area contributed by atoms with Crippen molar-refractivity contribution in [2.75, 3.05) is 0 Å². The Hall–Kier alpha value is -1.31. The number of carboxylic acids is 1. The highest BCUT2D eigenvalue weighted by Gasteiger charge is 2.10. The van der Waals surface area contributed by atoms with Gasteiger partial charge in [0.1, 0.15) is 0 Å². The first-order chi connectivity index (χ1) is 8.51. The predicted molar refractivity (Wildman–Crippen MR) is 77.5 cm³/mol. The summed E-state index contributed by atoms with van der Waals surface area (Å²) >= 11 is 0. The number of carboxylic acid groups (broad SMARTS) is 1. The van der Waals surface area contributed by atoms with Crippen molar-refractivity contribution < 1.29 is 9.90 Å². The van der Waals surface area contributed by atoms with Crippen molar-refractivity contribution >= 4 is 5.97 Å². The summed E-state index contributed by atoms with van der Waals surface area (Å²) in [7, 11) is 0. The van der Waals surface area contributed by atoms with E-state index in [1.165, 1.54) is 5.57 Å². The molecule has 0 saturated carbocycles. The number of allylic oxidation sites excluding steroid dienone is 4. The third kappa shape index (κ3) is 7.88. The minimum Gasteiger partial charge on any atom is -0.481 e. The first-order valence-corrected chi connectivity index (χ1v) is 6.66. The average Bonchev–Trinajstić information content (AvgIpc) is 2.31. The van der Waals surface area contributed by atoms with Crippen molar-refractivity contribution in [2.24, 2.45) is 11.8 Å². The molecule has 0 aromatic carbocycles. The Kier molecular flexibility index (Phi) is 8.99. The van der Waals surface area contributed by atoms with Crippen LogP contribution in [0.5, 0.6) is 0 Å². The Morgan fingerprint density at radius 3 is 2.50 bits per heavy atom. The lowest BCUT2D eigenvalue weighted by Gasteiger charge is -2.09. The predicted octanol–water partition coefficient (Wildman–Crippen LogP) is 4.59. The van der Waals surface area contributed by atoms with E-state index in [1.54, 1.807) is 6.08 Å². The molecule has 0 saturated heterocycles. The number of hydrogen-bond donors (Lipinski definition) is 1. The fourth-order valence-corrected chi connectivity index (χ4v) is 1.73. The molecule has 18 heavy (non-hydrogen) atoms. The van der Waals surface area contributed by atoms with Gasteiger partial charge in [0.2, 0.25) is 0 Å². The lowest BCUT2D eigenvalue weighted by molar-refractivity contribution is -0.140. The molecule has 0 heterocycles. The van der Waals surface area contributed by atoms with Crippen molar-refractivity contribution in [3.63, 3.8) is 0 Å². The summed E-state index contributed by atoms with van der Waals surface area (Å²) in [4.78, 5) is 10.8. The molecule has 0 aromatic rings. The summed E-state index contributed by atoms with van der Waals surface area (Å²) in [5.74, 6) is -0.662. The lowest BCUT2D eigenvalue weighted by atomic mass is 9.97. The van der Waals surface area contributed by atoms with Gasteiger partial charge in [-0.05, 0) is 45.4 Å². The van der Waals surface area contributed by atoms with Gasteiger partial charge in [0.05, 0.1) is 5.92 Å². The molecule has 0 radical (unpaired) electrons. The molecule has 2 unspecified atom stereocenters. The summed E-state index contributed by atoms with van der Waals surface area (Å²) in [6.07, 6.45) is 11.6. The Morgan fingerprint density at radius 1 is 1.39 bits per heavy atom. The SMILES string of the molecule is C=CC(CC=CC(CC)C(=O)O)CCC=C(C)C. The van der Waals surface area contributed by atoms with Crippen LogP contribution in [0.1, 0.15) is 46.5 Å². The van der Waals surface area contributed by atoms with Crippen molar-refractivity contribution in [3.8, 4) is 0 Å². The number of aliphatic carboxylic acids is 1. The molecule has 102 valence electrons. The first-order valence-electron chi connectivity index (χ1n) is 6.66. The van der Waals surface area contributed by atoms with Crippen molar-refractivity contribution in [3.05, 3.63) is 36.5 Å². The largest absolute Gasteiger partial charge is 0.481 e. The molecule has 0 fully saturated rings. The maximum atomic E-state index is 10.8. The molecule has 2 nitrogen and oxygen atoms in total. The van der Waals surface area contributed by atoms with Crippen LogP contribution in [-0.2, 0) is 4.79 Å². The Bertz CT molecular complexity index is 309. The average molecular weight is 250 g/mol. The zero-order chi connectivity index (χ0) is 14.0. The van der Waals surface area contributed by atoms with E-state index in [-0.39, 0.29) is 5.92 Å². The topological polar surface area (TPSA) is 37.3 Å². The number of carbonyl (C=O) groups is 1. The summed E-state index contributed by atoms with van der Waals surface area (Å²) < 4.78 is 0. The van der Waals surface area contributed by atoms with Gasteiger partial charge in [-0.1, -0.05) is 36.8 Å². The zero-order valence-electron chi connectivity index (χ0n) is 11.9. The maximum absolute atomic E-state index is 10.8. The number of rotatable bonds is 9. The van der Waals surface area contributed by atoms with Crippen LogP contribution in [0.4, 0.5) is 0 Å². The molecule has 0 aliphatic carbocycles. The Balaban J connectivity index is 4.13. The molecule has 2 heteroatoms. The summed E-state index contributed by atoms with van der Waals surface area (Å²) in [5.41, 5.74) is 1.34. The molecule has 2 atom stereocenters. The van der Waals surface area contributed by atoms with E-state index in [4.69, 9.17) is 5.11 Å². The minimum absolute atomic E-state index is 0.353. The van der Waals surface area contributed by atoms with Gasteiger partial charge in [-0.3, -0.25) is 4.79 Å². The molecule has 0 aliphatic heterocycles. The van der Waals surface area contributed by atoms with Crippen molar-refractivity contribution in [1.82, 2.24) is 0 Å². The lowest BCUT2D eigenvalue weighted by Crippen LogP contribution is -2.09. The van der Waals surface area contributed by atoms with E-state index >= 15 is 0 Å². The summed E-state index contributed by atoms with van der Waals surface area (Å²) in [6, 6.07) is 0. The van der Waals surface area contributed by atoms with Gasteiger partial charge in [-0.25, -0.2) is 0 Å². The van der Waals surface area contributed by atoms with Crippen LogP contribution in [0.3, 0.4) is 0 Å². The van der Waals surface area contributed by atoms with E-state index in [1.807, 2.05) is 19.1 Å². The first kappa shape index (κ1) is 16.7. The van der Waals surface area contributed by atoms with Gasteiger partial charge in [-0.2, -0.15) is 0 Å². The van der Waals surface area contributed by atoms with Crippen LogP contribution in [0.15, 0.2) is 36.5 Å². The third-order valence-corrected chi connectivity index (χ3v) is 2.99. The molecule has 0 amide bonds. The molecule has 0 aromatic heterocycles. The number of hydrogen-bond acceptors (Lipinski definition) is 1. The monoisotopic (exact) mass is 250 g/mol. The van der Waals surface area contributed by atoms with E-state index in [0.29, 0.717) is 12.3 Å². The highest BCUT2D eigenvalue weighted by molar-refractivity contribution is 5.71. The Morgan fingerprint density at radius 2 is 2.06 bits per heavy atom. The fourth-order valence-electron chi connectivity index (χ4n) is 1.73. The van der Waals surface area contributed by atoms with Gasteiger partial charge in [0.15, 0.2) is 0 Å². The van der Waals surface area contributed by atoms with Crippen LogP contribution in [0.25, 0.3) is 0 Å². The second-order valence-corrected chi connectivity index (χ2v) is 4.87. The van der Waals surface area contributed by atoms with Gasteiger partial charge in [0.25, 0.3) is 0 Å². The molecule has 0 spiro atoms. The highest BCUT2D eigenvalue weighted by Crippen LogP contribution is 2.15. The van der Waals surface area contributed by atoms with Crippen molar-refractivity contribution in [1.29, 1.82) is 0 Å². The van der Waals surface area contributed by atoms with Gasteiger partial charge < -0.3 is 5.11 Å².